The van der Waals surface area contributed by atoms with Gasteiger partial charge in [0.2, 0.25) is 10.0 Å². The minimum Gasteiger partial charge on any atom is -0.322 e. The molecule has 0 fully saturated rings. The molecule has 6 heteroatoms. The van der Waals surface area contributed by atoms with E-state index >= 15 is 0 Å². The van der Waals surface area contributed by atoms with Gasteiger partial charge in [-0.2, -0.15) is 4.31 Å². The first-order valence-electron chi connectivity index (χ1n) is 8.98. The van der Waals surface area contributed by atoms with Crippen molar-refractivity contribution in [2.24, 2.45) is 0 Å². The van der Waals surface area contributed by atoms with Gasteiger partial charge in [-0.05, 0) is 85.2 Å². The van der Waals surface area contributed by atoms with Crippen LogP contribution in [0.4, 0.5) is 0 Å². The molecule has 0 bridgehead atoms. The lowest BCUT2D eigenvalue weighted by molar-refractivity contribution is 0.391. The number of H-pyrrole nitrogens is 1. The number of aromatic amines is 1. The van der Waals surface area contributed by atoms with E-state index in [0.29, 0.717) is 30.0 Å². The molecule has 0 saturated carbocycles. The molecule has 1 N–H and O–H groups in total. The summed E-state index contributed by atoms with van der Waals surface area (Å²) >= 11 is 0. The van der Waals surface area contributed by atoms with E-state index in [1.54, 1.807) is 19.1 Å². The molecule has 0 aliphatic carbocycles. The standard InChI is InChI=1S/C21H22N2O3S/c1-13-4-5-19(9-14(13)2)27(25,26)23-7-6-16-10-17-8-15(3)21(24)22-20(17)11-18(16)12-23/h4-5,8-11H,6-7,12H2,1-3H3,(H,22,24). The highest BCUT2D eigenvalue weighted by atomic mass is 32.2. The zero-order valence-corrected chi connectivity index (χ0v) is 16.5. The summed E-state index contributed by atoms with van der Waals surface area (Å²) in [5.74, 6) is 0. The third kappa shape index (κ3) is 3.09. The van der Waals surface area contributed by atoms with Gasteiger partial charge in [-0.25, -0.2) is 8.42 Å². The van der Waals surface area contributed by atoms with Crippen molar-refractivity contribution in [2.75, 3.05) is 6.54 Å². The van der Waals surface area contributed by atoms with E-state index in [0.717, 1.165) is 33.2 Å². The first-order valence-corrected chi connectivity index (χ1v) is 10.4. The maximum atomic E-state index is 13.1. The summed E-state index contributed by atoms with van der Waals surface area (Å²) in [5, 5.41) is 0.983. The van der Waals surface area contributed by atoms with Crippen LogP contribution in [0, 0.1) is 20.8 Å². The maximum Gasteiger partial charge on any atom is 0.251 e. The van der Waals surface area contributed by atoms with Gasteiger partial charge in [0.1, 0.15) is 0 Å². The maximum absolute atomic E-state index is 13.1. The average molecular weight is 382 g/mol. The lowest BCUT2D eigenvalue weighted by Crippen LogP contribution is -2.36. The van der Waals surface area contributed by atoms with Crippen LogP contribution in [0.15, 0.2) is 46.1 Å². The van der Waals surface area contributed by atoms with Crippen LogP contribution in [0.25, 0.3) is 10.9 Å². The third-order valence-corrected chi connectivity index (χ3v) is 7.28. The van der Waals surface area contributed by atoms with Crippen molar-refractivity contribution in [2.45, 2.75) is 38.6 Å². The zero-order chi connectivity index (χ0) is 19.3. The molecule has 5 nitrogen and oxygen atoms in total. The minimum atomic E-state index is -3.55. The fourth-order valence-electron chi connectivity index (χ4n) is 3.58. The summed E-state index contributed by atoms with van der Waals surface area (Å²) in [5.41, 5.74) is 5.43. The molecule has 4 rings (SSSR count). The Kier molecular flexibility index (Phi) is 4.20. The van der Waals surface area contributed by atoms with E-state index in [-0.39, 0.29) is 5.56 Å². The van der Waals surface area contributed by atoms with Crippen molar-refractivity contribution in [1.29, 1.82) is 0 Å². The van der Waals surface area contributed by atoms with E-state index in [1.165, 1.54) is 4.31 Å². The molecule has 1 aromatic heterocycles. The fraction of sp³-hybridized carbons (Fsp3) is 0.286. The Morgan fingerprint density at radius 2 is 1.70 bits per heavy atom. The molecular formula is C21H22N2O3S. The minimum absolute atomic E-state index is 0.113. The Bertz CT molecular complexity index is 1230. The summed E-state index contributed by atoms with van der Waals surface area (Å²) in [6, 6.07) is 11.1. The quantitative estimate of drug-likeness (QED) is 0.740. The number of sulfonamides is 1. The Morgan fingerprint density at radius 3 is 2.44 bits per heavy atom. The van der Waals surface area contributed by atoms with E-state index < -0.39 is 10.0 Å². The molecule has 1 aliphatic heterocycles. The largest absolute Gasteiger partial charge is 0.322 e. The van der Waals surface area contributed by atoms with Crippen LogP contribution in [0.5, 0.6) is 0 Å². The summed E-state index contributed by atoms with van der Waals surface area (Å²) < 4.78 is 27.7. The van der Waals surface area contributed by atoms with Crippen molar-refractivity contribution < 1.29 is 8.42 Å². The zero-order valence-electron chi connectivity index (χ0n) is 15.7. The number of aromatic nitrogens is 1. The number of nitrogens with one attached hydrogen (secondary N) is 1. The molecule has 0 saturated heterocycles. The lowest BCUT2D eigenvalue weighted by Gasteiger charge is -2.28. The molecule has 27 heavy (non-hydrogen) atoms. The van der Waals surface area contributed by atoms with Gasteiger partial charge in [0.05, 0.1) is 4.90 Å². The Balaban J connectivity index is 1.73. The molecular weight excluding hydrogens is 360 g/mol. The molecule has 0 amide bonds. The molecule has 2 heterocycles. The van der Waals surface area contributed by atoms with Crippen molar-refractivity contribution in [3.8, 4) is 0 Å². The van der Waals surface area contributed by atoms with E-state index in [1.807, 2.05) is 32.0 Å². The summed E-state index contributed by atoms with van der Waals surface area (Å²) in [7, 11) is -3.55. The third-order valence-electron chi connectivity index (χ3n) is 5.44. The van der Waals surface area contributed by atoms with Gasteiger partial charge in [0.15, 0.2) is 0 Å². The second-order valence-electron chi connectivity index (χ2n) is 7.32. The van der Waals surface area contributed by atoms with Crippen LogP contribution in [0.3, 0.4) is 0 Å². The van der Waals surface area contributed by atoms with Gasteiger partial charge in [0, 0.05) is 24.2 Å². The SMILES string of the molecule is Cc1ccc(S(=O)(=O)N2CCc3cc4cc(C)c(=O)[nH]c4cc3C2)cc1C. The Labute approximate surface area is 158 Å². The number of benzene rings is 2. The van der Waals surface area contributed by atoms with Crippen LogP contribution >= 0.6 is 0 Å². The van der Waals surface area contributed by atoms with Gasteiger partial charge in [-0.3, -0.25) is 4.79 Å². The van der Waals surface area contributed by atoms with Gasteiger partial charge >= 0.3 is 0 Å². The van der Waals surface area contributed by atoms with Crippen LogP contribution in [-0.2, 0) is 23.0 Å². The van der Waals surface area contributed by atoms with Crippen LogP contribution < -0.4 is 5.56 Å². The number of rotatable bonds is 2. The van der Waals surface area contributed by atoms with Crippen LogP contribution in [0.2, 0.25) is 0 Å². The number of nitrogens with zero attached hydrogens (tertiary/aromatic N) is 1. The number of hydrogen-bond donors (Lipinski definition) is 1. The molecule has 0 radical (unpaired) electrons. The fourth-order valence-corrected chi connectivity index (χ4v) is 5.08. The van der Waals surface area contributed by atoms with Crippen LogP contribution in [0.1, 0.15) is 27.8 Å². The highest BCUT2D eigenvalue weighted by Crippen LogP contribution is 2.28. The number of fused-ring (bicyclic) bond motifs is 2. The van der Waals surface area contributed by atoms with E-state index in [4.69, 9.17) is 0 Å². The van der Waals surface area contributed by atoms with Gasteiger partial charge in [-0.15, -0.1) is 0 Å². The number of pyridine rings is 1. The second-order valence-corrected chi connectivity index (χ2v) is 9.26. The summed E-state index contributed by atoms with van der Waals surface area (Å²) in [6.07, 6.45) is 0.660. The second kappa shape index (κ2) is 6.32. The molecule has 0 spiro atoms. The van der Waals surface area contributed by atoms with Gasteiger partial charge in [-0.1, -0.05) is 6.07 Å². The van der Waals surface area contributed by atoms with E-state index in [2.05, 4.69) is 11.1 Å². The highest BCUT2D eigenvalue weighted by molar-refractivity contribution is 7.89. The van der Waals surface area contributed by atoms with Crippen molar-refractivity contribution in [3.63, 3.8) is 0 Å². The predicted molar refractivity (Wildman–Crippen MR) is 107 cm³/mol. The molecule has 140 valence electrons. The molecule has 0 atom stereocenters. The monoisotopic (exact) mass is 382 g/mol. The van der Waals surface area contributed by atoms with Crippen LogP contribution in [-0.4, -0.2) is 24.3 Å². The first kappa shape index (κ1) is 17.9. The lowest BCUT2D eigenvalue weighted by atomic mass is 9.98. The molecule has 0 unspecified atom stereocenters. The van der Waals surface area contributed by atoms with Crippen molar-refractivity contribution in [3.05, 3.63) is 74.6 Å². The average Bonchev–Trinajstić information content (AvgIpc) is 2.63. The Hall–Kier alpha value is -2.44. The van der Waals surface area contributed by atoms with Crippen molar-refractivity contribution >= 4 is 20.9 Å². The smallest absolute Gasteiger partial charge is 0.251 e. The number of aryl methyl sites for hydroxylation is 3. The van der Waals surface area contributed by atoms with E-state index in [9.17, 15) is 13.2 Å². The highest BCUT2D eigenvalue weighted by Gasteiger charge is 2.28. The van der Waals surface area contributed by atoms with Gasteiger partial charge in [0.25, 0.3) is 5.56 Å². The predicted octanol–water partition coefficient (Wildman–Crippen LogP) is 3.20. The number of hydrogen-bond acceptors (Lipinski definition) is 3. The molecule has 2 aromatic carbocycles. The first-order chi connectivity index (χ1) is 12.8. The summed E-state index contributed by atoms with van der Waals surface area (Å²) in [4.78, 5) is 15.1. The normalized spacial score (nSPS) is 15.1. The molecule has 3 aromatic rings. The van der Waals surface area contributed by atoms with Crippen molar-refractivity contribution in [1.82, 2.24) is 9.29 Å². The Morgan fingerprint density at radius 1 is 0.926 bits per heavy atom. The topological polar surface area (TPSA) is 70.2 Å². The summed E-state index contributed by atoms with van der Waals surface area (Å²) in [6.45, 7) is 6.45. The van der Waals surface area contributed by atoms with Gasteiger partial charge < -0.3 is 4.98 Å². The molecule has 1 aliphatic rings.